The van der Waals surface area contributed by atoms with Gasteiger partial charge >= 0.3 is 0 Å². The van der Waals surface area contributed by atoms with Crippen LogP contribution in [0.2, 0.25) is 0 Å². The summed E-state index contributed by atoms with van der Waals surface area (Å²) in [6.07, 6.45) is 2.77. The maximum Gasteiger partial charge on any atom is 0.233 e. The van der Waals surface area contributed by atoms with Gasteiger partial charge in [-0.3, -0.25) is 4.79 Å². The van der Waals surface area contributed by atoms with Gasteiger partial charge in [-0.05, 0) is 43.0 Å². The third kappa shape index (κ3) is 4.48. The van der Waals surface area contributed by atoms with Gasteiger partial charge in [-0.2, -0.15) is 0 Å². The molecule has 0 radical (unpaired) electrons. The number of likely N-dealkylation sites (tertiary alicyclic amines) is 1. The zero-order valence-electron chi connectivity index (χ0n) is 18.2. The highest BCUT2D eigenvalue weighted by Gasteiger charge is 2.31. The number of thioether (sulfide) groups is 1. The van der Waals surface area contributed by atoms with Crippen molar-refractivity contribution in [2.24, 2.45) is 0 Å². The summed E-state index contributed by atoms with van der Waals surface area (Å²) < 4.78 is 11.4. The van der Waals surface area contributed by atoms with E-state index >= 15 is 0 Å². The molecule has 32 heavy (non-hydrogen) atoms. The standard InChI is InChI=1S/C25H27N3O3S/c1-17-20(14-18-6-3-2-4-7-18)27-25(26-17)32-16-24(29)28-11-5-8-21(28)19-9-10-22-23(15-19)31-13-12-30-22/h2-4,6-7,9-10,15,21H,5,8,11-14,16H2,1H3,(H,26,27)/t21-/m1/s1. The lowest BCUT2D eigenvalue weighted by Gasteiger charge is -2.26. The quantitative estimate of drug-likeness (QED) is 0.560. The van der Waals surface area contributed by atoms with Crippen LogP contribution in [0.25, 0.3) is 0 Å². The zero-order valence-corrected chi connectivity index (χ0v) is 19.0. The summed E-state index contributed by atoms with van der Waals surface area (Å²) in [5, 5.41) is 0.803. The van der Waals surface area contributed by atoms with Gasteiger partial charge in [0.05, 0.1) is 17.5 Å². The smallest absolute Gasteiger partial charge is 0.233 e. The molecule has 1 aromatic heterocycles. The summed E-state index contributed by atoms with van der Waals surface area (Å²) >= 11 is 1.48. The Morgan fingerprint density at radius 3 is 2.81 bits per heavy atom. The minimum Gasteiger partial charge on any atom is -0.486 e. The van der Waals surface area contributed by atoms with Crippen molar-refractivity contribution in [1.82, 2.24) is 14.9 Å². The fourth-order valence-electron chi connectivity index (χ4n) is 4.39. The zero-order chi connectivity index (χ0) is 21.9. The topological polar surface area (TPSA) is 67.5 Å². The average Bonchev–Trinajstić information content (AvgIpc) is 3.45. The lowest BCUT2D eigenvalue weighted by Crippen LogP contribution is -2.32. The van der Waals surface area contributed by atoms with Crippen LogP contribution < -0.4 is 9.47 Å². The minimum absolute atomic E-state index is 0.0888. The van der Waals surface area contributed by atoms with Gasteiger partial charge < -0.3 is 19.4 Å². The van der Waals surface area contributed by atoms with E-state index in [1.807, 2.05) is 42.2 Å². The number of aromatic amines is 1. The number of nitrogens with one attached hydrogen (secondary N) is 1. The summed E-state index contributed by atoms with van der Waals surface area (Å²) in [5.41, 5.74) is 4.43. The van der Waals surface area contributed by atoms with E-state index in [4.69, 9.17) is 14.5 Å². The van der Waals surface area contributed by atoms with Crippen molar-refractivity contribution in [3.63, 3.8) is 0 Å². The second kappa shape index (κ2) is 9.28. The van der Waals surface area contributed by atoms with Gasteiger partial charge in [-0.15, -0.1) is 0 Å². The molecule has 2 aromatic carbocycles. The van der Waals surface area contributed by atoms with Crippen LogP contribution in [0.4, 0.5) is 0 Å². The number of aromatic nitrogens is 2. The van der Waals surface area contributed by atoms with Crippen LogP contribution >= 0.6 is 11.8 Å². The van der Waals surface area contributed by atoms with E-state index < -0.39 is 0 Å². The summed E-state index contributed by atoms with van der Waals surface area (Å²) in [7, 11) is 0. The highest BCUT2D eigenvalue weighted by Crippen LogP contribution is 2.38. The van der Waals surface area contributed by atoms with Gasteiger partial charge in [0, 0.05) is 18.7 Å². The van der Waals surface area contributed by atoms with Crippen LogP contribution in [-0.4, -0.2) is 46.3 Å². The maximum atomic E-state index is 13.1. The van der Waals surface area contributed by atoms with E-state index in [1.165, 1.54) is 17.3 Å². The second-order valence-electron chi connectivity index (χ2n) is 8.21. The lowest BCUT2D eigenvalue weighted by atomic mass is 10.0. The van der Waals surface area contributed by atoms with Gasteiger partial charge in [0.15, 0.2) is 16.7 Å². The predicted octanol–water partition coefficient (Wildman–Crippen LogP) is 4.54. The fraction of sp³-hybridized carbons (Fsp3) is 0.360. The summed E-state index contributed by atoms with van der Waals surface area (Å²) in [4.78, 5) is 23.2. The summed E-state index contributed by atoms with van der Waals surface area (Å²) in [6.45, 7) is 3.97. The molecule has 1 atom stereocenters. The number of H-pyrrole nitrogens is 1. The Balaban J connectivity index is 1.23. The van der Waals surface area contributed by atoms with Crippen LogP contribution in [0.1, 0.15) is 41.4 Å². The number of hydrogen-bond donors (Lipinski definition) is 1. The Morgan fingerprint density at radius 2 is 1.97 bits per heavy atom. The van der Waals surface area contributed by atoms with Crippen LogP contribution in [0, 0.1) is 6.92 Å². The molecule has 6 nitrogen and oxygen atoms in total. The number of imidazole rings is 1. The summed E-state index contributed by atoms with van der Waals surface area (Å²) in [5.74, 6) is 2.08. The van der Waals surface area contributed by atoms with Gasteiger partial charge in [-0.1, -0.05) is 48.2 Å². The monoisotopic (exact) mass is 449 g/mol. The molecule has 7 heteroatoms. The highest BCUT2D eigenvalue weighted by molar-refractivity contribution is 7.99. The number of rotatable bonds is 6. The largest absolute Gasteiger partial charge is 0.486 e. The van der Waals surface area contributed by atoms with Gasteiger partial charge in [0.25, 0.3) is 0 Å². The third-order valence-electron chi connectivity index (χ3n) is 6.03. The minimum atomic E-state index is 0.0888. The van der Waals surface area contributed by atoms with E-state index in [2.05, 4.69) is 23.2 Å². The van der Waals surface area contributed by atoms with Crippen LogP contribution in [0.5, 0.6) is 11.5 Å². The van der Waals surface area contributed by atoms with Crippen LogP contribution in [0.3, 0.4) is 0 Å². The first-order valence-corrected chi connectivity index (χ1v) is 12.1. The van der Waals surface area contributed by atoms with Crippen LogP contribution in [-0.2, 0) is 11.2 Å². The molecule has 2 aliphatic heterocycles. The Morgan fingerprint density at radius 1 is 1.16 bits per heavy atom. The molecular weight excluding hydrogens is 422 g/mol. The molecule has 0 unspecified atom stereocenters. The number of benzene rings is 2. The highest BCUT2D eigenvalue weighted by atomic mass is 32.2. The first kappa shape index (κ1) is 20.9. The molecule has 2 aliphatic rings. The molecule has 5 rings (SSSR count). The van der Waals surface area contributed by atoms with Crippen molar-refractivity contribution in [2.45, 2.75) is 37.4 Å². The molecular formula is C25H27N3O3S. The Kier molecular flexibility index (Phi) is 6.08. The first-order valence-electron chi connectivity index (χ1n) is 11.1. The lowest BCUT2D eigenvalue weighted by molar-refractivity contribution is -0.129. The van der Waals surface area contributed by atoms with E-state index in [1.54, 1.807) is 0 Å². The molecule has 0 saturated carbocycles. The van der Waals surface area contributed by atoms with Crippen molar-refractivity contribution in [1.29, 1.82) is 0 Å². The Hall–Kier alpha value is -2.93. The van der Waals surface area contributed by atoms with Crippen molar-refractivity contribution < 1.29 is 14.3 Å². The Labute approximate surface area is 192 Å². The van der Waals surface area contributed by atoms with Crippen LogP contribution in [0.15, 0.2) is 53.7 Å². The van der Waals surface area contributed by atoms with E-state index in [0.717, 1.165) is 59.4 Å². The normalized spacial score (nSPS) is 17.5. The number of carbonyl (C=O) groups is 1. The Bertz CT molecular complexity index is 1100. The molecule has 1 fully saturated rings. The SMILES string of the molecule is Cc1[nH]c(SCC(=O)N2CCC[C@@H]2c2ccc3c(c2)OCCO3)nc1Cc1ccccc1. The van der Waals surface area contributed by atoms with E-state index in [-0.39, 0.29) is 11.9 Å². The van der Waals surface area contributed by atoms with Gasteiger partial charge in [0.2, 0.25) is 5.91 Å². The number of carbonyl (C=O) groups excluding carboxylic acids is 1. The number of amides is 1. The molecule has 166 valence electrons. The number of hydrogen-bond acceptors (Lipinski definition) is 5. The number of fused-ring (bicyclic) bond motifs is 1. The third-order valence-corrected chi connectivity index (χ3v) is 6.89. The van der Waals surface area contributed by atoms with Crippen molar-refractivity contribution in [2.75, 3.05) is 25.5 Å². The molecule has 3 aromatic rings. The molecule has 0 bridgehead atoms. The molecule has 0 aliphatic carbocycles. The predicted molar refractivity (Wildman–Crippen MR) is 124 cm³/mol. The average molecular weight is 450 g/mol. The number of nitrogens with zero attached hydrogens (tertiary/aromatic N) is 2. The second-order valence-corrected chi connectivity index (χ2v) is 9.18. The maximum absolute atomic E-state index is 13.1. The van der Waals surface area contributed by atoms with Gasteiger partial charge in [-0.25, -0.2) is 4.98 Å². The van der Waals surface area contributed by atoms with E-state index in [0.29, 0.717) is 19.0 Å². The summed E-state index contributed by atoms with van der Waals surface area (Å²) in [6, 6.07) is 16.5. The molecule has 3 heterocycles. The van der Waals surface area contributed by atoms with Crippen molar-refractivity contribution in [3.8, 4) is 11.5 Å². The fourth-order valence-corrected chi connectivity index (χ4v) is 5.21. The van der Waals surface area contributed by atoms with Crippen molar-refractivity contribution >= 4 is 17.7 Å². The van der Waals surface area contributed by atoms with Gasteiger partial charge in [0.1, 0.15) is 13.2 Å². The van der Waals surface area contributed by atoms with E-state index in [9.17, 15) is 4.79 Å². The molecule has 1 amide bonds. The first-order chi connectivity index (χ1) is 15.7. The molecule has 1 saturated heterocycles. The number of aryl methyl sites for hydroxylation is 1. The molecule has 1 N–H and O–H groups in total. The molecule has 0 spiro atoms. The number of ether oxygens (including phenoxy) is 2. The van der Waals surface area contributed by atoms with Crippen molar-refractivity contribution in [3.05, 3.63) is 71.0 Å².